The third-order valence-corrected chi connectivity index (χ3v) is 6.59. The lowest BCUT2D eigenvalue weighted by Crippen LogP contribution is -2.49. The summed E-state index contributed by atoms with van der Waals surface area (Å²) in [5, 5.41) is 5.67. The summed E-state index contributed by atoms with van der Waals surface area (Å²) in [4.78, 5) is 33.6. The molecule has 0 bridgehead atoms. The maximum atomic E-state index is 13.2. The Bertz CT molecular complexity index is 1380. The van der Waals surface area contributed by atoms with E-state index in [1.807, 2.05) is 36.4 Å². The molecule has 5 rings (SSSR count). The van der Waals surface area contributed by atoms with Crippen molar-refractivity contribution < 1.29 is 4.79 Å². The van der Waals surface area contributed by atoms with Crippen molar-refractivity contribution in [2.75, 3.05) is 13.1 Å². The minimum absolute atomic E-state index is 0.163. The second-order valence-electron chi connectivity index (χ2n) is 8.94. The normalized spacial score (nSPS) is 17.4. The molecule has 164 valence electrons. The summed E-state index contributed by atoms with van der Waals surface area (Å²) in [7, 11) is 0. The molecule has 1 saturated heterocycles. The van der Waals surface area contributed by atoms with Gasteiger partial charge in [-0.05, 0) is 68.3 Å². The van der Waals surface area contributed by atoms with Gasteiger partial charge < -0.3 is 5.32 Å². The van der Waals surface area contributed by atoms with Gasteiger partial charge in [0.15, 0.2) is 5.65 Å². The molecule has 3 heterocycles. The molecule has 0 saturated carbocycles. The number of fused-ring (bicyclic) bond motifs is 3. The Kier molecular flexibility index (Phi) is 5.39. The monoisotopic (exact) mass is 428 g/mol. The van der Waals surface area contributed by atoms with Crippen LogP contribution in [0.15, 0.2) is 59.5 Å². The van der Waals surface area contributed by atoms with E-state index in [2.05, 4.69) is 24.1 Å². The summed E-state index contributed by atoms with van der Waals surface area (Å²) in [5.41, 5.74) is 1.25. The lowest BCUT2D eigenvalue weighted by Gasteiger charge is -2.38. The molecule has 0 spiro atoms. The predicted molar refractivity (Wildman–Crippen MR) is 128 cm³/mol. The second-order valence-corrected chi connectivity index (χ2v) is 8.94. The number of hydrogen-bond acceptors (Lipinski definition) is 4. The Hall–Kier alpha value is -3.25. The highest BCUT2D eigenvalue weighted by Gasteiger charge is 2.25. The Labute approximate surface area is 186 Å². The van der Waals surface area contributed by atoms with Gasteiger partial charge in [0.2, 0.25) is 0 Å². The van der Waals surface area contributed by atoms with E-state index in [0.29, 0.717) is 40.7 Å². The van der Waals surface area contributed by atoms with Crippen LogP contribution in [-0.2, 0) is 0 Å². The Morgan fingerprint density at radius 3 is 2.69 bits per heavy atom. The molecule has 2 aromatic carbocycles. The number of nitrogens with zero attached hydrogens (tertiary/aromatic N) is 3. The smallest absolute Gasteiger partial charge is 0.265 e. The fourth-order valence-electron chi connectivity index (χ4n) is 4.92. The van der Waals surface area contributed by atoms with Gasteiger partial charge >= 0.3 is 0 Å². The topological polar surface area (TPSA) is 66.7 Å². The average Bonchev–Trinajstić information content (AvgIpc) is 2.81. The summed E-state index contributed by atoms with van der Waals surface area (Å²) in [6, 6.07) is 16.0. The largest absolute Gasteiger partial charge is 0.350 e. The SMILES string of the molecule is CC(C)N1CCCCC1CNC(=O)c1cccn2c(=O)c3cc4ccccc4cc3nc12. The molecule has 6 nitrogen and oxygen atoms in total. The van der Waals surface area contributed by atoms with Crippen LogP contribution in [0.4, 0.5) is 0 Å². The summed E-state index contributed by atoms with van der Waals surface area (Å²) in [6.45, 7) is 6.08. The molecular formula is C26H28N4O2. The van der Waals surface area contributed by atoms with Crippen LogP contribution in [0.2, 0.25) is 0 Å². The molecule has 32 heavy (non-hydrogen) atoms. The minimum atomic E-state index is -0.190. The van der Waals surface area contributed by atoms with Gasteiger partial charge in [-0.1, -0.05) is 30.7 Å². The first-order chi connectivity index (χ1) is 15.5. The zero-order chi connectivity index (χ0) is 22.2. The van der Waals surface area contributed by atoms with Crippen LogP contribution in [0.3, 0.4) is 0 Å². The molecule has 1 unspecified atom stereocenters. The molecule has 1 fully saturated rings. The fourth-order valence-corrected chi connectivity index (χ4v) is 4.92. The third-order valence-electron chi connectivity index (χ3n) is 6.59. The first kappa shape index (κ1) is 20.6. The van der Waals surface area contributed by atoms with E-state index >= 15 is 0 Å². The molecule has 6 heteroatoms. The van der Waals surface area contributed by atoms with Gasteiger partial charge in [0.25, 0.3) is 11.5 Å². The molecule has 1 aliphatic heterocycles. The predicted octanol–water partition coefficient (Wildman–Crippen LogP) is 3.99. The van der Waals surface area contributed by atoms with Gasteiger partial charge in [0.05, 0.1) is 16.5 Å². The van der Waals surface area contributed by atoms with Gasteiger partial charge in [-0.25, -0.2) is 4.98 Å². The minimum Gasteiger partial charge on any atom is -0.350 e. The number of hydrogen-bond donors (Lipinski definition) is 1. The first-order valence-electron chi connectivity index (χ1n) is 11.4. The van der Waals surface area contributed by atoms with Crippen molar-refractivity contribution in [1.29, 1.82) is 0 Å². The van der Waals surface area contributed by atoms with Crippen LogP contribution in [0, 0.1) is 0 Å². The van der Waals surface area contributed by atoms with Crippen molar-refractivity contribution in [3.63, 3.8) is 0 Å². The highest BCUT2D eigenvalue weighted by molar-refractivity contribution is 6.02. The average molecular weight is 429 g/mol. The van der Waals surface area contributed by atoms with Crippen molar-refractivity contribution in [3.8, 4) is 0 Å². The number of carbonyl (C=O) groups excluding carboxylic acids is 1. The number of nitrogens with one attached hydrogen (secondary N) is 1. The number of piperidine rings is 1. The summed E-state index contributed by atoms with van der Waals surface area (Å²) in [6.07, 6.45) is 5.16. The molecule has 1 aliphatic rings. The quantitative estimate of drug-likeness (QED) is 0.499. The van der Waals surface area contributed by atoms with Crippen molar-refractivity contribution in [1.82, 2.24) is 19.6 Å². The Morgan fingerprint density at radius 1 is 1.12 bits per heavy atom. The summed E-state index contributed by atoms with van der Waals surface area (Å²) >= 11 is 0. The first-order valence-corrected chi connectivity index (χ1v) is 11.4. The molecule has 1 atom stereocenters. The van der Waals surface area contributed by atoms with E-state index in [9.17, 15) is 9.59 Å². The van der Waals surface area contributed by atoms with Crippen LogP contribution in [0.1, 0.15) is 43.5 Å². The van der Waals surface area contributed by atoms with E-state index in [1.54, 1.807) is 18.3 Å². The highest BCUT2D eigenvalue weighted by Crippen LogP contribution is 2.21. The molecule has 1 N–H and O–H groups in total. The van der Waals surface area contributed by atoms with Crippen LogP contribution in [0.5, 0.6) is 0 Å². The maximum absolute atomic E-state index is 13.2. The Morgan fingerprint density at radius 2 is 1.91 bits per heavy atom. The summed E-state index contributed by atoms with van der Waals surface area (Å²) in [5.74, 6) is -0.190. The van der Waals surface area contributed by atoms with Crippen LogP contribution in [0.25, 0.3) is 27.3 Å². The zero-order valence-electron chi connectivity index (χ0n) is 18.5. The van der Waals surface area contributed by atoms with Gasteiger partial charge in [0, 0.05) is 24.8 Å². The molecular weight excluding hydrogens is 400 g/mol. The molecule has 4 aromatic rings. The fraction of sp³-hybridized carbons (Fsp3) is 0.346. The van der Waals surface area contributed by atoms with Gasteiger partial charge in [0.1, 0.15) is 0 Å². The van der Waals surface area contributed by atoms with E-state index in [4.69, 9.17) is 4.98 Å². The van der Waals surface area contributed by atoms with Crippen molar-refractivity contribution >= 4 is 33.2 Å². The van der Waals surface area contributed by atoms with Crippen LogP contribution < -0.4 is 10.9 Å². The number of carbonyl (C=O) groups is 1. The number of pyridine rings is 1. The van der Waals surface area contributed by atoms with Crippen molar-refractivity contribution in [3.05, 3.63) is 70.6 Å². The van der Waals surface area contributed by atoms with Crippen LogP contribution in [-0.4, -0.2) is 45.4 Å². The van der Waals surface area contributed by atoms with Crippen LogP contribution >= 0.6 is 0 Å². The lowest BCUT2D eigenvalue weighted by molar-refractivity contribution is 0.0870. The lowest BCUT2D eigenvalue weighted by atomic mass is 10.0. The highest BCUT2D eigenvalue weighted by atomic mass is 16.2. The van der Waals surface area contributed by atoms with E-state index in [-0.39, 0.29) is 11.5 Å². The maximum Gasteiger partial charge on any atom is 0.265 e. The van der Waals surface area contributed by atoms with E-state index < -0.39 is 0 Å². The summed E-state index contributed by atoms with van der Waals surface area (Å²) < 4.78 is 1.48. The number of amides is 1. The number of benzene rings is 2. The number of rotatable bonds is 4. The molecule has 0 radical (unpaired) electrons. The van der Waals surface area contributed by atoms with Crippen molar-refractivity contribution in [2.45, 2.75) is 45.2 Å². The number of aromatic nitrogens is 2. The Balaban J connectivity index is 1.51. The standard InChI is InChI=1S/C26H28N4O2/c1-17(2)29-12-6-5-10-20(29)16-27-25(31)21-11-7-13-30-24(21)28-23-15-19-9-4-3-8-18(19)14-22(23)26(30)32/h3-4,7-9,11,13-15,17,20H,5-6,10,12,16H2,1-2H3,(H,27,31). The van der Waals surface area contributed by atoms with Gasteiger partial charge in [-0.3, -0.25) is 18.9 Å². The van der Waals surface area contributed by atoms with Crippen molar-refractivity contribution in [2.24, 2.45) is 0 Å². The molecule has 1 amide bonds. The zero-order valence-corrected chi connectivity index (χ0v) is 18.5. The molecule has 0 aliphatic carbocycles. The van der Waals surface area contributed by atoms with E-state index in [0.717, 1.165) is 23.7 Å². The molecule has 2 aromatic heterocycles. The van der Waals surface area contributed by atoms with E-state index in [1.165, 1.54) is 17.2 Å². The second kappa shape index (κ2) is 8.36. The van der Waals surface area contributed by atoms with Gasteiger partial charge in [-0.15, -0.1) is 0 Å². The van der Waals surface area contributed by atoms with Gasteiger partial charge in [-0.2, -0.15) is 0 Å². The number of likely N-dealkylation sites (tertiary alicyclic amines) is 1. The third kappa shape index (κ3) is 3.65.